The Kier molecular flexibility index (Phi) is 4.98. The smallest absolute Gasteiger partial charge is 0.223 e. The van der Waals surface area contributed by atoms with Crippen LogP contribution in [0.5, 0.6) is 11.5 Å². The highest BCUT2D eigenvalue weighted by molar-refractivity contribution is 6.32. The second-order valence-corrected chi connectivity index (χ2v) is 7.19. The van der Waals surface area contributed by atoms with Crippen LogP contribution in [0.3, 0.4) is 0 Å². The van der Waals surface area contributed by atoms with Gasteiger partial charge in [-0.15, -0.1) is 0 Å². The van der Waals surface area contributed by atoms with Gasteiger partial charge in [-0.25, -0.2) is 10.9 Å². The lowest BCUT2D eigenvalue weighted by Gasteiger charge is -2.29. The molecule has 0 bridgehead atoms. The van der Waals surface area contributed by atoms with E-state index in [1.165, 1.54) is 0 Å². The average Bonchev–Trinajstić information content (AvgIpc) is 3.09. The summed E-state index contributed by atoms with van der Waals surface area (Å²) in [6.45, 7) is 1.64. The van der Waals surface area contributed by atoms with Gasteiger partial charge < -0.3 is 14.8 Å². The van der Waals surface area contributed by atoms with Crippen LogP contribution in [0.2, 0.25) is 5.02 Å². The third kappa shape index (κ3) is 3.69. The van der Waals surface area contributed by atoms with Crippen LogP contribution < -0.4 is 31.2 Å². The van der Waals surface area contributed by atoms with Crippen molar-refractivity contribution in [3.8, 4) is 11.5 Å². The number of ether oxygens (including phenoxy) is 2. The second kappa shape index (κ2) is 7.37. The molecule has 1 aromatic rings. The lowest BCUT2D eigenvalue weighted by molar-refractivity contribution is -0.126. The molecule has 7 nitrogen and oxygen atoms in total. The minimum Gasteiger partial charge on any atom is -0.486 e. The normalized spacial score (nSPS) is 27.6. The molecule has 1 aliphatic carbocycles. The molecule has 1 amide bonds. The molecule has 2 fully saturated rings. The van der Waals surface area contributed by atoms with Crippen molar-refractivity contribution in [2.45, 2.75) is 37.8 Å². The van der Waals surface area contributed by atoms with Crippen LogP contribution in [0.25, 0.3) is 0 Å². The third-order valence-corrected chi connectivity index (χ3v) is 5.39. The fourth-order valence-electron chi connectivity index (χ4n) is 3.75. The van der Waals surface area contributed by atoms with Crippen molar-refractivity contribution in [2.24, 2.45) is 5.92 Å². The Balaban J connectivity index is 1.29. The minimum atomic E-state index is 0.0688. The first-order valence-electron chi connectivity index (χ1n) is 8.82. The van der Waals surface area contributed by atoms with Gasteiger partial charge in [-0.3, -0.25) is 4.79 Å². The van der Waals surface area contributed by atoms with Gasteiger partial charge in [-0.05, 0) is 43.4 Å². The zero-order chi connectivity index (χ0) is 17.2. The largest absolute Gasteiger partial charge is 0.486 e. The molecule has 3 unspecified atom stereocenters. The first-order valence-corrected chi connectivity index (χ1v) is 9.20. The molecule has 8 heteroatoms. The summed E-state index contributed by atoms with van der Waals surface area (Å²) in [4.78, 5) is 12.4. The zero-order valence-electron chi connectivity index (χ0n) is 13.9. The van der Waals surface area contributed by atoms with Crippen molar-refractivity contribution >= 4 is 17.5 Å². The van der Waals surface area contributed by atoms with E-state index in [4.69, 9.17) is 21.1 Å². The highest BCUT2D eigenvalue weighted by Crippen LogP contribution is 2.38. The van der Waals surface area contributed by atoms with E-state index >= 15 is 0 Å². The quantitative estimate of drug-likeness (QED) is 0.634. The van der Waals surface area contributed by atoms with E-state index in [0.717, 1.165) is 24.8 Å². The molecule has 0 aromatic heterocycles. The summed E-state index contributed by atoms with van der Waals surface area (Å²) in [6.07, 6.45) is 3.48. The predicted molar refractivity (Wildman–Crippen MR) is 93.5 cm³/mol. The molecule has 4 rings (SSSR count). The highest BCUT2D eigenvalue weighted by Gasteiger charge is 2.36. The summed E-state index contributed by atoms with van der Waals surface area (Å²) in [6, 6.07) is 4.56. The Morgan fingerprint density at radius 1 is 1.20 bits per heavy atom. The number of carbonyl (C=O) groups is 1. The summed E-state index contributed by atoms with van der Waals surface area (Å²) in [5, 5.41) is 3.62. The summed E-state index contributed by atoms with van der Waals surface area (Å²) >= 11 is 6.25. The van der Waals surface area contributed by atoms with Crippen LogP contribution in [0, 0.1) is 5.92 Å². The van der Waals surface area contributed by atoms with E-state index in [0.29, 0.717) is 54.8 Å². The average molecular weight is 367 g/mol. The number of hydrogen-bond donors (Lipinski definition) is 4. The van der Waals surface area contributed by atoms with Crippen LogP contribution in [0.4, 0.5) is 0 Å². The molecule has 1 saturated carbocycles. The van der Waals surface area contributed by atoms with Crippen molar-refractivity contribution in [1.82, 2.24) is 21.7 Å². The SMILES string of the molecule is O=C(NCCc1cc(Cl)c2c(c1)OCCO2)C1CCC2NNNC2C1. The zero-order valence-corrected chi connectivity index (χ0v) is 14.7. The van der Waals surface area contributed by atoms with Gasteiger partial charge in [0.2, 0.25) is 5.91 Å². The van der Waals surface area contributed by atoms with Gasteiger partial charge in [-0.1, -0.05) is 11.6 Å². The summed E-state index contributed by atoms with van der Waals surface area (Å²) in [5.41, 5.74) is 10.3. The van der Waals surface area contributed by atoms with Crippen LogP contribution in [0.1, 0.15) is 24.8 Å². The van der Waals surface area contributed by atoms with E-state index in [2.05, 4.69) is 21.7 Å². The van der Waals surface area contributed by atoms with Gasteiger partial charge in [0.05, 0.1) is 5.02 Å². The van der Waals surface area contributed by atoms with Gasteiger partial charge >= 0.3 is 0 Å². The monoisotopic (exact) mass is 366 g/mol. The Bertz CT molecular complexity index is 657. The number of carbonyl (C=O) groups excluding carboxylic acids is 1. The number of hydrogen-bond acceptors (Lipinski definition) is 6. The van der Waals surface area contributed by atoms with Crippen LogP contribution in [0.15, 0.2) is 12.1 Å². The lowest BCUT2D eigenvalue weighted by Crippen LogP contribution is -2.44. The number of benzene rings is 1. The minimum absolute atomic E-state index is 0.0688. The van der Waals surface area contributed by atoms with Crippen molar-refractivity contribution in [2.75, 3.05) is 19.8 Å². The molecule has 3 aliphatic rings. The van der Waals surface area contributed by atoms with E-state index in [1.807, 2.05) is 12.1 Å². The summed E-state index contributed by atoms with van der Waals surface area (Å²) in [5.74, 6) is 1.50. The molecule has 1 saturated heterocycles. The molecule has 4 N–H and O–H groups in total. The maximum Gasteiger partial charge on any atom is 0.223 e. The van der Waals surface area contributed by atoms with Crippen molar-refractivity contribution in [3.63, 3.8) is 0 Å². The molecule has 0 spiro atoms. The van der Waals surface area contributed by atoms with Crippen molar-refractivity contribution < 1.29 is 14.3 Å². The predicted octanol–water partition coefficient (Wildman–Crippen LogP) is 0.920. The number of nitrogens with one attached hydrogen (secondary N) is 4. The molecule has 2 heterocycles. The van der Waals surface area contributed by atoms with E-state index in [1.54, 1.807) is 0 Å². The third-order valence-electron chi connectivity index (χ3n) is 5.11. The highest BCUT2D eigenvalue weighted by atomic mass is 35.5. The number of fused-ring (bicyclic) bond motifs is 2. The number of rotatable bonds is 4. The fraction of sp³-hybridized carbons (Fsp3) is 0.588. The Morgan fingerprint density at radius 2 is 2.04 bits per heavy atom. The van der Waals surface area contributed by atoms with Gasteiger partial charge in [0.15, 0.2) is 11.5 Å². The molecular formula is C17H23ClN4O3. The molecule has 0 radical (unpaired) electrons. The molecular weight excluding hydrogens is 344 g/mol. The van der Waals surface area contributed by atoms with Gasteiger partial charge in [-0.2, -0.15) is 5.53 Å². The van der Waals surface area contributed by atoms with Crippen molar-refractivity contribution in [1.29, 1.82) is 0 Å². The summed E-state index contributed by atoms with van der Waals surface area (Å²) < 4.78 is 11.1. The van der Waals surface area contributed by atoms with Crippen LogP contribution in [-0.4, -0.2) is 37.7 Å². The first-order chi connectivity index (χ1) is 12.2. The van der Waals surface area contributed by atoms with Crippen LogP contribution in [-0.2, 0) is 11.2 Å². The molecule has 1 aromatic carbocycles. The fourth-order valence-corrected chi connectivity index (χ4v) is 4.04. The summed E-state index contributed by atoms with van der Waals surface area (Å²) in [7, 11) is 0. The van der Waals surface area contributed by atoms with E-state index in [-0.39, 0.29) is 11.8 Å². The first kappa shape index (κ1) is 16.9. The Hall–Kier alpha value is -1.54. The lowest BCUT2D eigenvalue weighted by atomic mass is 9.82. The Labute approximate surface area is 151 Å². The van der Waals surface area contributed by atoms with Gasteiger partial charge in [0.1, 0.15) is 13.2 Å². The van der Waals surface area contributed by atoms with E-state index in [9.17, 15) is 4.79 Å². The van der Waals surface area contributed by atoms with Crippen molar-refractivity contribution in [3.05, 3.63) is 22.7 Å². The number of halogens is 1. The van der Waals surface area contributed by atoms with Gasteiger partial charge in [0, 0.05) is 24.5 Å². The number of amides is 1. The second-order valence-electron chi connectivity index (χ2n) is 6.78. The van der Waals surface area contributed by atoms with Crippen LogP contribution >= 0.6 is 11.6 Å². The number of hydrazine groups is 2. The van der Waals surface area contributed by atoms with E-state index < -0.39 is 0 Å². The molecule has 3 atom stereocenters. The molecule has 2 aliphatic heterocycles. The maximum absolute atomic E-state index is 12.4. The maximum atomic E-state index is 12.4. The van der Waals surface area contributed by atoms with Gasteiger partial charge in [0.25, 0.3) is 0 Å². The molecule has 25 heavy (non-hydrogen) atoms. The Morgan fingerprint density at radius 3 is 2.96 bits per heavy atom. The molecule has 136 valence electrons. The standard InChI is InChI=1S/C17H23ClN4O3/c18-12-7-10(8-15-16(12)25-6-5-24-15)3-4-19-17(23)11-1-2-13-14(9-11)21-22-20-13/h7-8,11,13-14,20-22H,1-6,9H2,(H,19,23). The topological polar surface area (TPSA) is 83.7 Å².